The second-order valence-corrected chi connectivity index (χ2v) is 8.78. The Morgan fingerprint density at radius 1 is 1.35 bits per heavy atom. The monoisotopic (exact) mass is 336 g/mol. The maximum atomic E-state index is 12.8. The van der Waals surface area contributed by atoms with Gasteiger partial charge in [0.05, 0.1) is 18.1 Å². The molecule has 0 aromatic heterocycles. The number of anilines is 1. The maximum absolute atomic E-state index is 12.8. The predicted molar refractivity (Wildman–Crippen MR) is 91.4 cm³/mol. The van der Waals surface area contributed by atoms with Crippen LogP contribution in [0.3, 0.4) is 0 Å². The molecule has 5 nitrogen and oxygen atoms in total. The SMILES string of the molecule is CCN(C(=O)CN1c2ccccc2CC1C)C1CCS(=O)(=O)C1. The van der Waals surface area contributed by atoms with E-state index in [1.54, 1.807) is 4.90 Å². The minimum absolute atomic E-state index is 0.0261. The standard InChI is InChI=1S/C17H24N2O3S/c1-3-18(15-8-9-23(21,22)12-15)17(20)11-19-13(2)10-14-6-4-5-7-16(14)19/h4-7,13,15H,3,8-12H2,1-2H3. The largest absolute Gasteiger partial charge is 0.359 e. The van der Waals surface area contributed by atoms with Crippen molar-refractivity contribution in [3.05, 3.63) is 29.8 Å². The lowest BCUT2D eigenvalue weighted by Crippen LogP contribution is -2.47. The fourth-order valence-corrected chi connectivity index (χ4v) is 5.50. The summed E-state index contributed by atoms with van der Waals surface area (Å²) in [5.41, 5.74) is 2.41. The van der Waals surface area contributed by atoms with E-state index < -0.39 is 9.84 Å². The molecule has 2 heterocycles. The summed E-state index contributed by atoms with van der Waals surface area (Å²) in [6.07, 6.45) is 1.52. The summed E-state index contributed by atoms with van der Waals surface area (Å²) < 4.78 is 23.4. The van der Waals surface area contributed by atoms with Crippen LogP contribution in [-0.4, -0.2) is 55.9 Å². The van der Waals surface area contributed by atoms with Crippen molar-refractivity contribution in [2.45, 2.75) is 38.8 Å². The van der Waals surface area contributed by atoms with Gasteiger partial charge in [-0.05, 0) is 38.3 Å². The van der Waals surface area contributed by atoms with E-state index in [1.165, 1.54) is 5.56 Å². The molecule has 1 aromatic rings. The van der Waals surface area contributed by atoms with E-state index in [1.807, 2.05) is 19.1 Å². The van der Waals surface area contributed by atoms with Crippen LogP contribution in [0.15, 0.2) is 24.3 Å². The summed E-state index contributed by atoms with van der Waals surface area (Å²) in [7, 11) is -2.98. The third-order valence-corrected chi connectivity index (χ3v) is 6.71. The summed E-state index contributed by atoms with van der Waals surface area (Å²) >= 11 is 0. The van der Waals surface area contributed by atoms with Gasteiger partial charge in [0.1, 0.15) is 0 Å². The smallest absolute Gasteiger partial charge is 0.242 e. The highest BCUT2D eigenvalue weighted by atomic mass is 32.2. The van der Waals surface area contributed by atoms with Crippen LogP contribution in [0.1, 0.15) is 25.8 Å². The first-order valence-corrected chi connectivity index (χ1v) is 10.1. The highest BCUT2D eigenvalue weighted by Gasteiger charge is 2.35. The molecule has 1 fully saturated rings. The first kappa shape index (κ1) is 16.3. The topological polar surface area (TPSA) is 57.7 Å². The normalized spacial score (nSPS) is 25.4. The molecule has 0 N–H and O–H groups in total. The zero-order chi connectivity index (χ0) is 16.6. The van der Waals surface area contributed by atoms with Crippen LogP contribution in [0.25, 0.3) is 0 Å². The number of carbonyl (C=O) groups is 1. The number of sulfone groups is 1. The molecule has 0 bridgehead atoms. The van der Waals surface area contributed by atoms with Crippen LogP contribution < -0.4 is 4.90 Å². The molecular formula is C17H24N2O3S. The average molecular weight is 336 g/mol. The van der Waals surface area contributed by atoms with Gasteiger partial charge < -0.3 is 9.80 Å². The molecule has 1 amide bonds. The molecule has 23 heavy (non-hydrogen) atoms. The molecule has 6 heteroatoms. The van der Waals surface area contributed by atoms with E-state index in [-0.39, 0.29) is 23.5 Å². The fourth-order valence-electron chi connectivity index (χ4n) is 3.77. The Morgan fingerprint density at radius 3 is 2.74 bits per heavy atom. The van der Waals surface area contributed by atoms with Crippen LogP contribution in [0.2, 0.25) is 0 Å². The second-order valence-electron chi connectivity index (χ2n) is 6.55. The maximum Gasteiger partial charge on any atom is 0.242 e. The zero-order valence-electron chi connectivity index (χ0n) is 13.7. The summed E-state index contributed by atoms with van der Waals surface area (Å²) in [6, 6.07) is 8.32. The lowest BCUT2D eigenvalue weighted by atomic mass is 10.1. The zero-order valence-corrected chi connectivity index (χ0v) is 14.6. The van der Waals surface area contributed by atoms with Crippen molar-refractivity contribution in [2.75, 3.05) is 29.5 Å². The number of nitrogens with zero attached hydrogens (tertiary/aromatic N) is 2. The Labute approximate surface area is 138 Å². The first-order valence-electron chi connectivity index (χ1n) is 8.25. The van der Waals surface area contributed by atoms with Gasteiger partial charge >= 0.3 is 0 Å². The molecule has 2 aliphatic rings. The molecule has 2 unspecified atom stereocenters. The van der Waals surface area contributed by atoms with Gasteiger partial charge in [0.25, 0.3) is 0 Å². The average Bonchev–Trinajstić information content (AvgIpc) is 3.00. The van der Waals surface area contributed by atoms with Crippen molar-refractivity contribution in [3.8, 4) is 0 Å². The minimum Gasteiger partial charge on any atom is -0.359 e. The molecule has 3 rings (SSSR count). The van der Waals surface area contributed by atoms with Crippen molar-refractivity contribution >= 4 is 21.4 Å². The fraction of sp³-hybridized carbons (Fsp3) is 0.588. The summed E-state index contributed by atoms with van der Waals surface area (Å²) in [5.74, 6) is 0.335. The van der Waals surface area contributed by atoms with Crippen molar-refractivity contribution in [3.63, 3.8) is 0 Å². The molecule has 1 aromatic carbocycles. The number of hydrogen-bond acceptors (Lipinski definition) is 4. The second kappa shape index (κ2) is 6.15. The van der Waals surface area contributed by atoms with Gasteiger partial charge in [-0.1, -0.05) is 18.2 Å². The first-order chi connectivity index (χ1) is 10.9. The van der Waals surface area contributed by atoms with Gasteiger partial charge in [-0.15, -0.1) is 0 Å². The Morgan fingerprint density at radius 2 is 2.09 bits per heavy atom. The Bertz CT molecular complexity index is 702. The number of hydrogen-bond donors (Lipinski definition) is 0. The molecule has 0 radical (unpaired) electrons. The molecular weight excluding hydrogens is 312 g/mol. The van der Waals surface area contributed by atoms with E-state index in [4.69, 9.17) is 0 Å². The van der Waals surface area contributed by atoms with Crippen LogP contribution in [0.4, 0.5) is 5.69 Å². The number of benzene rings is 1. The lowest BCUT2D eigenvalue weighted by molar-refractivity contribution is -0.131. The number of likely N-dealkylation sites (N-methyl/N-ethyl adjacent to an activating group) is 1. The molecule has 0 spiro atoms. The van der Waals surface area contributed by atoms with E-state index in [9.17, 15) is 13.2 Å². The number of amides is 1. The molecule has 2 atom stereocenters. The van der Waals surface area contributed by atoms with Crippen LogP contribution in [0, 0.1) is 0 Å². The molecule has 0 aliphatic carbocycles. The van der Waals surface area contributed by atoms with Crippen molar-refractivity contribution < 1.29 is 13.2 Å². The predicted octanol–water partition coefficient (Wildman–Crippen LogP) is 1.47. The Balaban J connectivity index is 1.73. The Kier molecular flexibility index (Phi) is 4.36. The van der Waals surface area contributed by atoms with Crippen LogP contribution in [0.5, 0.6) is 0 Å². The highest BCUT2D eigenvalue weighted by Crippen LogP contribution is 2.31. The summed E-state index contributed by atoms with van der Waals surface area (Å²) in [6.45, 7) is 4.93. The van der Waals surface area contributed by atoms with Gasteiger partial charge in [0.2, 0.25) is 5.91 Å². The molecule has 126 valence electrons. The lowest BCUT2D eigenvalue weighted by Gasteiger charge is -2.31. The van der Waals surface area contributed by atoms with Crippen molar-refractivity contribution in [1.29, 1.82) is 0 Å². The van der Waals surface area contributed by atoms with Gasteiger partial charge in [-0.25, -0.2) is 8.42 Å². The molecule has 2 aliphatic heterocycles. The number of carbonyl (C=O) groups excluding carboxylic acids is 1. The number of rotatable bonds is 4. The van der Waals surface area contributed by atoms with Crippen LogP contribution in [-0.2, 0) is 21.1 Å². The van der Waals surface area contributed by atoms with E-state index >= 15 is 0 Å². The number of fused-ring (bicyclic) bond motifs is 1. The molecule has 1 saturated heterocycles. The third kappa shape index (κ3) is 3.22. The quantitative estimate of drug-likeness (QED) is 0.835. The van der Waals surface area contributed by atoms with E-state index in [0.29, 0.717) is 25.6 Å². The number of para-hydroxylation sites is 1. The van der Waals surface area contributed by atoms with Crippen LogP contribution >= 0.6 is 0 Å². The third-order valence-electron chi connectivity index (χ3n) is 4.96. The summed E-state index contributed by atoms with van der Waals surface area (Å²) in [4.78, 5) is 16.7. The molecule has 0 saturated carbocycles. The highest BCUT2D eigenvalue weighted by molar-refractivity contribution is 7.91. The van der Waals surface area contributed by atoms with E-state index in [0.717, 1.165) is 12.1 Å². The van der Waals surface area contributed by atoms with Crippen molar-refractivity contribution in [2.24, 2.45) is 0 Å². The van der Waals surface area contributed by atoms with Gasteiger partial charge in [-0.2, -0.15) is 0 Å². The minimum atomic E-state index is -2.98. The van der Waals surface area contributed by atoms with Crippen molar-refractivity contribution in [1.82, 2.24) is 4.90 Å². The van der Waals surface area contributed by atoms with Gasteiger partial charge in [0, 0.05) is 24.3 Å². The van der Waals surface area contributed by atoms with E-state index in [2.05, 4.69) is 24.0 Å². The summed E-state index contributed by atoms with van der Waals surface area (Å²) in [5, 5.41) is 0. The Hall–Kier alpha value is -1.56. The van der Waals surface area contributed by atoms with Gasteiger partial charge in [0.15, 0.2) is 9.84 Å². The van der Waals surface area contributed by atoms with Gasteiger partial charge in [-0.3, -0.25) is 4.79 Å².